The predicted octanol–water partition coefficient (Wildman–Crippen LogP) is 3.69. The monoisotopic (exact) mass is 675 g/mol. The van der Waals surface area contributed by atoms with Crippen molar-refractivity contribution < 1.29 is 50.9 Å². The fourth-order valence-corrected chi connectivity index (χ4v) is 4.36. The quantitative estimate of drug-likeness (QED) is 0.234. The molecule has 0 radical (unpaired) electrons. The van der Waals surface area contributed by atoms with Gasteiger partial charge in [0, 0.05) is 36.6 Å². The van der Waals surface area contributed by atoms with Crippen LogP contribution in [0, 0.1) is 0 Å². The van der Waals surface area contributed by atoms with Gasteiger partial charge in [0.25, 0.3) is 0 Å². The lowest BCUT2D eigenvalue weighted by Crippen LogP contribution is -2.53. The maximum Gasteiger partial charge on any atom is 0.490 e. The molecule has 1 aliphatic rings. The Morgan fingerprint density at radius 2 is 1.49 bits per heavy atom. The van der Waals surface area contributed by atoms with Crippen molar-refractivity contribution in [3.63, 3.8) is 0 Å². The molecule has 5 rings (SSSR count). The Hall–Kier alpha value is -5.01. The van der Waals surface area contributed by atoms with Gasteiger partial charge in [0.2, 0.25) is 5.91 Å². The van der Waals surface area contributed by atoms with Gasteiger partial charge in [0.15, 0.2) is 0 Å². The minimum Gasteiger partial charge on any atom is -0.475 e. The van der Waals surface area contributed by atoms with Crippen LogP contribution in [0.1, 0.15) is 38.8 Å². The second-order valence-corrected chi connectivity index (χ2v) is 10.1. The van der Waals surface area contributed by atoms with Crippen molar-refractivity contribution in [1.82, 2.24) is 44.4 Å². The van der Waals surface area contributed by atoms with Crippen LogP contribution in [0.15, 0.2) is 43.2 Å². The first-order chi connectivity index (χ1) is 22.0. The molecule has 47 heavy (non-hydrogen) atoms. The molecule has 5 heterocycles. The highest BCUT2D eigenvalue weighted by molar-refractivity contribution is 5.79. The highest BCUT2D eigenvalue weighted by atomic mass is 19.4. The van der Waals surface area contributed by atoms with Crippen LogP contribution in [0.25, 0.3) is 28.0 Å². The SMILES string of the molecule is CCC(CC)n1cc(-c2nc(-c3cnn(C4CN(C(=O)CNC)C4)c3)cn3nccc23)cn1.O=C(O)C(F)(F)F.O=C(O)C(F)(F)F. The van der Waals surface area contributed by atoms with Crippen molar-refractivity contribution in [1.29, 1.82) is 0 Å². The summed E-state index contributed by atoms with van der Waals surface area (Å²) < 4.78 is 69.3. The number of carbonyl (C=O) groups excluding carboxylic acids is 1. The van der Waals surface area contributed by atoms with E-state index in [1.807, 2.05) is 49.6 Å². The number of carbonyl (C=O) groups is 3. The van der Waals surface area contributed by atoms with Crippen LogP contribution >= 0.6 is 0 Å². The van der Waals surface area contributed by atoms with Gasteiger partial charge in [0.1, 0.15) is 0 Å². The molecular weight excluding hydrogens is 644 g/mol. The number of nitrogens with zero attached hydrogens (tertiary/aromatic N) is 8. The standard InChI is InChI=1S/C23H29N9O.2C2HF3O2/c1-4-18(5-2)30-12-17(9-27-30)23-21-6-7-25-32(21)15-20(28-23)16-8-26-31(11-16)19-13-29(14-19)22(33)10-24-3;2*3-2(4,5)1(6)7/h6-9,11-12,15,18-19,24H,4-5,10,13-14H2,1-3H3;2*(H,6,7). The number of alkyl halides is 6. The zero-order chi connectivity index (χ0) is 35.1. The lowest BCUT2D eigenvalue weighted by molar-refractivity contribution is -0.193. The molecule has 1 aliphatic heterocycles. The number of halogens is 6. The number of carboxylic acid groups (broad SMARTS) is 2. The van der Waals surface area contributed by atoms with Crippen molar-refractivity contribution in [2.24, 2.45) is 0 Å². The third kappa shape index (κ3) is 9.27. The van der Waals surface area contributed by atoms with Gasteiger partial charge in [-0.25, -0.2) is 19.1 Å². The summed E-state index contributed by atoms with van der Waals surface area (Å²) in [6.45, 7) is 6.07. The van der Waals surface area contributed by atoms with E-state index in [0.717, 1.165) is 40.9 Å². The molecule has 20 heteroatoms. The molecule has 0 aliphatic carbocycles. The number of hydrogen-bond acceptors (Lipinski definition) is 8. The van der Waals surface area contributed by atoms with Crippen LogP contribution in [0.4, 0.5) is 26.3 Å². The number of aliphatic carboxylic acids is 2. The first-order valence-electron chi connectivity index (χ1n) is 14.0. The maximum absolute atomic E-state index is 12.0. The number of hydrogen-bond donors (Lipinski definition) is 3. The smallest absolute Gasteiger partial charge is 0.475 e. The van der Waals surface area contributed by atoms with Crippen LogP contribution in [-0.2, 0) is 14.4 Å². The lowest BCUT2D eigenvalue weighted by Gasteiger charge is -2.39. The van der Waals surface area contributed by atoms with Crippen molar-refractivity contribution in [2.75, 3.05) is 26.7 Å². The maximum atomic E-state index is 12.0. The lowest BCUT2D eigenvalue weighted by atomic mass is 10.1. The number of amides is 1. The Morgan fingerprint density at radius 3 is 2.02 bits per heavy atom. The van der Waals surface area contributed by atoms with E-state index in [4.69, 9.17) is 24.8 Å². The second-order valence-electron chi connectivity index (χ2n) is 10.1. The number of aromatic nitrogens is 7. The Labute approximate surface area is 262 Å². The predicted molar refractivity (Wildman–Crippen MR) is 152 cm³/mol. The van der Waals surface area contributed by atoms with E-state index in [9.17, 15) is 31.1 Å². The van der Waals surface area contributed by atoms with Gasteiger partial charge in [0.05, 0.1) is 60.3 Å². The minimum atomic E-state index is -5.08. The molecule has 14 nitrogen and oxygen atoms in total. The van der Waals surface area contributed by atoms with Gasteiger partial charge in [-0.3, -0.25) is 14.2 Å². The number of rotatable bonds is 8. The average Bonchev–Trinajstić information content (AvgIpc) is 3.74. The Kier molecular flexibility index (Phi) is 11.7. The first-order valence-corrected chi connectivity index (χ1v) is 14.0. The van der Waals surface area contributed by atoms with E-state index in [1.165, 1.54) is 0 Å². The minimum absolute atomic E-state index is 0.116. The summed E-state index contributed by atoms with van der Waals surface area (Å²) in [6.07, 6.45) is 3.39. The normalized spacial score (nSPS) is 13.4. The molecule has 0 bridgehead atoms. The van der Waals surface area contributed by atoms with Crippen LogP contribution in [0.3, 0.4) is 0 Å². The first kappa shape index (κ1) is 36.5. The van der Waals surface area contributed by atoms with Crippen LogP contribution in [0.2, 0.25) is 0 Å². The molecule has 4 aromatic rings. The molecule has 3 N–H and O–H groups in total. The fourth-order valence-electron chi connectivity index (χ4n) is 4.36. The summed E-state index contributed by atoms with van der Waals surface area (Å²) in [7, 11) is 1.78. The number of likely N-dealkylation sites (tertiary alicyclic amines) is 1. The largest absolute Gasteiger partial charge is 0.490 e. The number of fused-ring (bicyclic) bond motifs is 1. The molecule has 1 amide bonds. The topological polar surface area (TPSA) is 173 Å². The summed E-state index contributed by atoms with van der Waals surface area (Å²) >= 11 is 0. The number of likely N-dealkylation sites (N-methyl/N-ethyl adjacent to an activating group) is 1. The molecule has 256 valence electrons. The summed E-state index contributed by atoms with van der Waals surface area (Å²) in [5.41, 5.74) is 4.47. The highest BCUT2D eigenvalue weighted by Crippen LogP contribution is 2.29. The van der Waals surface area contributed by atoms with Gasteiger partial charge in [-0.1, -0.05) is 13.8 Å². The Bertz CT molecular complexity index is 1650. The molecule has 0 unspecified atom stereocenters. The van der Waals surface area contributed by atoms with Gasteiger partial charge in [-0.15, -0.1) is 0 Å². The second kappa shape index (κ2) is 15.1. The summed E-state index contributed by atoms with van der Waals surface area (Å²) in [4.78, 5) is 36.6. The van der Waals surface area contributed by atoms with E-state index in [2.05, 4.69) is 40.7 Å². The van der Waals surface area contributed by atoms with E-state index >= 15 is 0 Å². The fraction of sp³-hybridized carbons (Fsp3) is 0.444. The van der Waals surface area contributed by atoms with Crippen LogP contribution < -0.4 is 5.32 Å². The van der Waals surface area contributed by atoms with E-state index in [-0.39, 0.29) is 11.9 Å². The van der Waals surface area contributed by atoms with Gasteiger partial charge < -0.3 is 20.4 Å². The Morgan fingerprint density at radius 1 is 0.915 bits per heavy atom. The van der Waals surface area contributed by atoms with E-state index in [0.29, 0.717) is 25.7 Å². The zero-order valence-corrected chi connectivity index (χ0v) is 25.2. The van der Waals surface area contributed by atoms with Crippen molar-refractivity contribution in [3.05, 3.63) is 43.2 Å². The van der Waals surface area contributed by atoms with Crippen LogP contribution in [0.5, 0.6) is 0 Å². The van der Waals surface area contributed by atoms with Crippen molar-refractivity contribution in [2.45, 2.75) is 51.1 Å². The molecule has 0 spiro atoms. The number of nitrogens with one attached hydrogen (secondary N) is 1. The third-order valence-electron chi connectivity index (χ3n) is 6.88. The molecular formula is C27H31F6N9O5. The van der Waals surface area contributed by atoms with Crippen molar-refractivity contribution >= 4 is 23.4 Å². The molecule has 1 saturated heterocycles. The average molecular weight is 676 g/mol. The van der Waals surface area contributed by atoms with Gasteiger partial charge in [-0.05, 0) is 26.0 Å². The van der Waals surface area contributed by atoms with Crippen molar-refractivity contribution in [3.8, 4) is 22.5 Å². The van der Waals surface area contributed by atoms with Crippen LogP contribution in [-0.4, -0.2) is 106 Å². The zero-order valence-electron chi connectivity index (χ0n) is 25.2. The Balaban J connectivity index is 0.000000360. The third-order valence-corrected chi connectivity index (χ3v) is 6.88. The summed E-state index contributed by atoms with van der Waals surface area (Å²) in [5.74, 6) is -5.40. The molecule has 0 aromatic carbocycles. The van der Waals surface area contributed by atoms with Gasteiger partial charge >= 0.3 is 24.3 Å². The molecule has 4 aromatic heterocycles. The highest BCUT2D eigenvalue weighted by Gasteiger charge is 2.39. The molecule has 1 fully saturated rings. The van der Waals surface area contributed by atoms with E-state index < -0.39 is 24.3 Å². The summed E-state index contributed by atoms with van der Waals surface area (Å²) in [5, 5.41) is 30.8. The molecule has 0 saturated carbocycles. The summed E-state index contributed by atoms with van der Waals surface area (Å²) in [6, 6.07) is 2.53. The van der Waals surface area contributed by atoms with E-state index in [1.54, 1.807) is 13.2 Å². The molecule has 0 atom stereocenters. The van der Waals surface area contributed by atoms with Gasteiger partial charge in [-0.2, -0.15) is 41.6 Å². The number of carboxylic acids is 2.